The molecule has 1 aliphatic rings. The normalized spacial score (nSPS) is 11.8. The maximum Gasteiger partial charge on any atom is 0.119 e. The first-order valence-electron chi connectivity index (χ1n) is 19.0. The van der Waals surface area contributed by atoms with Gasteiger partial charge >= 0.3 is 0 Å². The lowest BCUT2D eigenvalue weighted by Crippen LogP contribution is -1.98. The van der Waals surface area contributed by atoms with E-state index < -0.39 is 0 Å². The van der Waals surface area contributed by atoms with Crippen molar-refractivity contribution < 1.29 is 9.47 Å². The summed E-state index contributed by atoms with van der Waals surface area (Å²) in [6, 6.07) is 31.1. The van der Waals surface area contributed by atoms with Gasteiger partial charge in [0.2, 0.25) is 0 Å². The standard InChI is InChI=1S/C45H58O2/c1-3-5-7-9-11-13-15-19-33-46-39-27-23-36(24-28-39)42-31-32-43-41-22-18-17-21-38(41)35-44(43)45(42)37-25-29-40(30-26-37)47-34-20-16-14-12-10-8-6-4-2/h17-18,21-32H,3-16,19-20,33-35H2,1-2H3. The van der Waals surface area contributed by atoms with Gasteiger partial charge in [0.25, 0.3) is 0 Å². The van der Waals surface area contributed by atoms with Gasteiger partial charge in [-0.15, -0.1) is 0 Å². The Kier molecular flexibility index (Phi) is 14.3. The molecule has 5 rings (SSSR count). The molecule has 250 valence electrons. The van der Waals surface area contributed by atoms with Gasteiger partial charge in [-0.05, 0) is 88.0 Å². The maximum absolute atomic E-state index is 6.17. The van der Waals surface area contributed by atoms with Crippen molar-refractivity contribution in [2.45, 2.75) is 123 Å². The van der Waals surface area contributed by atoms with E-state index in [0.29, 0.717) is 0 Å². The molecule has 0 radical (unpaired) electrons. The van der Waals surface area contributed by atoms with Crippen LogP contribution in [0.25, 0.3) is 33.4 Å². The van der Waals surface area contributed by atoms with E-state index >= 15 is 0 Å². The molecule has 0 spiro atoms. The summed E-state index contributed by atoms with van der Waals surface area (Å²) in [4.78, 5) is 0. The van der Waals surface area contributed by atoms with Crippen LogP contribution in [0.1, 0.15) is 128 Å². The van der Waals surface area contributed by atoms with Gasteiger partial charge < -0.3 is 9.47 Å². The molecule has 2 heteroatoms. The second kappa shape index (κ2) is 19.3. The minimum Gasteiger partial charge on any atom is -0.494 e. The first-order valence-corrected chi connectivity index (χ1v) is 19.0. The Balaban J connectivity index is 1.22. The van der Waals surface area contributed by atoms with Crippen LogP contribution in [-0.2, 0) is 6.42 Å². The van der Waals surface area contributed by atoms with Gasteiger partial charge in [-0.2, -0.15) is 0 Å². The van der Waals surface area contributed by atoms with Crippen LogP contribution in [0.3, 0.4) is 0 Å². The third-order valence-corrected chi connectivity index (χ3v) is 9.83. The molecule has 47 heavy (non-hydrogen) atoms. The number of fused-ring (bicyclic) bond motifs is 3. The van der Waals surface area contributed by atoms with Crippen molar-refractivity contribution in [3.8, 4) is 44.9 Å². The van der Waals surface area contributed by atoms with Crippen LogP contribution in [0.15, 0.2) is 84.9 Å². The zero-order valence-corrected chi connectivity index (χ0v) is 29.3. The zero-order chi connectivity index (χ0) is 32.5. The number of hydrogen-bond donors (Lipinski definition) is 0. The fourth-order valence-electron chi connectivity index (χ4n) is 7.08. The third kappa shape index (κ3) is 10.2. The fraction of sp³-hybridized carbons (Fsp3) is 0.467. The Morgan fingerprint density at radius 1 is 0.426 bits per heavy atom. The Morgan fingerprint density at radius 2 is 0.894 bits per heavy atom. The Hall–Kier alpha value is -3.52. The molecule has 0 heterocycles. The molecule has 0 atom stereocenters. The van der Waals surface area contributed by atoms with E-state index in [-0.39, 0.29) is 0 Å². The molecule has 0 N–H and O–H groups in total. The molecule has 0 saturated heterocycles. The summed E-state index contributed by atoms with van der Waals surface area (Å²) in [6.45, 7) is 6.15. The SMILES string of the molecule is CCCCCCCCCCOc1ccc(-c2ccc3c(c2-c2ccc(OCCCCCCCCCC)cc2)Cc2ccccc2-3)cc1. The summed E-state index contributed by atoms with van der Waals surface area (Å²) < 4.78 is 12.3. The van der Waals surface area contributed by atoms with E-state index in [4.69, 9.17) is 9.47 Å². The third-order valence-electron chi connectivity index (χ3n) is 9.83. The average Bonchev–Trinajstić information content (AvgIpc) is 3.49. The van der Waals surface area contributed by atoms with E-state index in [2.05, 4.69) is 98.8 Å². The van der Waals surface area contributed by atoms with Crippen molar-refractivity contribution in [3.05, 3.63) is 96.1 Å². The average molecular weight is 631 g/mol. The van der Waals surface area contributed by atoms with Crippen molar-refractivity contribution in [2.24, 2.45) is 0 Å². The van der Waals surface area contributed by atoms with Gasteiger partial charge in [0.05, 0.1) is 13.2 Å². The minimum absolute atomic E-state index is 0.795. The Morgan fingerprint density at radius 3 is 1.45 bits per heavy atom. The van der Waals surface area contributed by atoms with Crippen molar-refractivity contribution >= 4 is 0 Å². The summed E-state index contributed by atoms with van der Waals surface area (Å²) in [7, 11) is 0. The van der Waals surface area contributed by atoms with E-state index in [1.807, 2.05) is 0 Å². The number of ether oxygens (including phenoxy) is 2. The Bertz CT molecular complexity index is 1470. The van der Waals surface area contributed by atoms with E-state index in [9.17, 15) is 0 Å². The molecule has 0 fully saturated rings. The van der Waals surface area contributed by atoms with E-state index in [1.54, 1.807) is 0 Å². The zero-order valence-electron chi connectivity index (χ0n) is 29.3. The van der Waals surface area contributed by atoms with Crippen LogP contribution in [0.4, 0.5) is 0 Å². The van der Waals surface area contributed by atoms with Crippen molar-refractivity contribution in [1.29, 1.82) is 0 Å². The number of rotatable bonds is 22. The molecule has 4 aromatic carbocycles. The number of hydrogen-bond acceptors (Lipinski definition) is 2. The van der Waals surface area contributed by atoms with Crippen LogP contribution in [0, 0.1) is 0 Å². The van der Waals surface area contributed by atoms with Gasteiger partial charge in [-0.1, -0.05) is 164 Å². The summed E-state index contributed by atoms with van der Waals surface area (Å²) in [5, 5.41) is 0. The maximum atomic E-state index is 6.17. The molecule has 2 nitrogen and oxygen atoms in total. The van der Waals surface area contributed by atoms with E-state index in [1.165, 1.54) is 134 Å². The first-order chi connectivity index (χ1) is 23.3. The molecule has 4 aromatic rings. The second-order valence-electron chi connectivity index (χ2n) is 13.5. The van der Waals surface area contributed by atoms with Crippen LogP contribution in [0.5, 0.6) is 11.5 Å². The fourth-order valence-corrected chi connectivity index (χ4v) is 7.08. The number of benzene rings is 4. The molecule has 0 bridgehead atoms. The predicted octanol–water partition coefficient (Wildman–Crippen LogP) is 13.6. The monoisotopic (exact) mass is 630 g/mol. The summed E-state index contributed by atoms with van der Waals surface area (Å²) in [5.41, 5.74) is 10.7. The topological polar surface area (TPSA) is 18.5 Å². The molecule has 0 amide bonds. The first kappa shape index (κ1) is 34.8. The highest BCUT2D eigenvalue weighted by Gasteiger charge is 2.24. The second-order valence-corrected chi connectivity index (χ2v) is 13.5. The molecule has 0 aromatic heterocycles. The number of unbranched alkanes of at least 4 members (excludes halogenated alkanes) is 14. The molecule has 0 aliphatic heterocycles. The Labute approximate surface area is 285 Å². The lowest BCUT2D eigenvalue weighted by molar-refractivity contribution is 0.304. The summed E-state index contributed by atoms with van der Waals surface area (Å²) in [5.74, 6) is 1.93. The summed E-state index contributed by atoms with van der Waals surface area (Å²) in [6.07, 6.45) is 22.0. The van der Waals surface area contributed by atoms with Crippen LogP contribution in [-0.4, -0.2) is 13.2 Å². The lowest BCUT2D eigenvalue weighted by Gasteiger charge is -2.17. The smallest absolute Gasteiger partial charge is 0.119 e. The van der Waals surface area contributed by atoms with Crippen LogP contribution >= 0.6 is 0 Å². The molecule has 0 unspecified atom stereocenters. The molecule has 1 aliphatic carbocycles. The minimum atomic E-state index is 0.795. The van der Waals surface area contributed by atoms with Gasteiger partial charge in [0, 0.05) is 0 Å². The van der Waals surface area contributed by atoms with Crippen LogP contribution in [0.2, 0.25) is 0 Å². The molecule has 0 saturated carbocycles. The quantitative estimate of drug-likeness (QED) is 0.0708. The predicted molar refractivity (Wildman–Crippen MR) is 202 cm³/mol. The molecular formula is C45H58O2. The molecular weight excluding hydrogens is 572 g/mol. The van der Waals surface area contributed by atoms with Gasteiger partial charge in [0.1, 0.15) is 11.5 Å². The van der Waals surface area contributed by atoms with Gasteiger partial charge in [0.15, 0.2) is 0 Å². The van der Waals surface area contributed by atoms with E-state index in [0.717, 1.165) is 44.0 Å². The highest BCUT2D eigenvalue weighted by molar-refractivity contribution is 5.93. The van der Waals surface area contributed by atoms with Gasteiger partial charge in [-0.25, -0.2) is 0 Å². The van der Waals surface area contributed by atoms with Crippen molar-refractivity contribution in [3.63, 3.8) is 0 Å². The van der Waals surface area contributed by atoms with Gasteiger partial charge in [-0.3, -0.25) is 0 Å². The highest BCUT2D eigenvalue weighted by Crippen LogP contribution is 2.46. The summed E-state index contributed by atoms with van der Waals surface area (Å²) >= 11 is 0. The van der Waals surface area contributed by atoms with Crippen molar-refractivity contribution in [2.75, 3.05) is 13.2 Å². The van der Waals surface area contributed by atoms with Crippen molar-refractivity contribution in [1.82, 2.24) is 0 Å². The van der Waals surface area contributed by atoms with Crippen LogP contribution < -0.4 is 9.47 Å². The lowest BCUT2D eigenvalue weighted by atomic mass is 9.88. The largest absolute Gasteiger partial charge is 0.494 e. The highest BCUT2D eigenvalue weighted by atomic mass is 16.5.